The van der Waals surface area contributed by atoms with Crippen molar-refractivity contribution in [3.05, 3.63) is 29.3 Å². The summed E-state index contributed by atoms with van der Waals surface area (Å²) in [6.45, 7) is 8.54. The van der Waals surface area contributed by atoms with Crippen molar-refractivity contribution >= 4 is 33.3 Å². The summed E-state index contributed by atoms with van der Waals surface area (Å²) in [5.41, 5.74) is 2.78. The molecule has 0 atom stereocenters. The molecule has 1 aromatic carbocycles. The third kappa shape index (κ3) is 3.27. The first-order valence-electron chi connectivity index (χ1n) is 7.97. The van der Waals surface area contributed by atoms with E-state index in [9.17, 15) is 9.59 Å². The maximum absolute atomic E-state index is 12.6. The number of fused-ring (bicyclic) bond motifs is 1. The molecule has 0 aromatic heterocycles. The van der Waals surface area contributed by atoms with Crippen LogP contribution < -0.4 is 4.90 Å². The Bertz CT molecular complexity index is 585. The summed E-state index contributed by atoms with van der Waals surface area (Å²) >= 11 is 3.42. The van der Waals surface area contributed by atoms with Crippen LogP contribution in [0.4, 0.5) is 5.69 Å². The first-order valence-corrected chi connectivity index (χ1v) is 8.76. The number of amides is 1. The van der Waals surface area contributed by atoms with Gasteiger partial charge in [-0.25, -0.2) is 0 Å². The minimum absolute atomic E-state index is 0.0695. The standard InChI is InChI=1S/C18H24BrNO2/c1-5-12(6-2)17(22)20-10-9-13-11-14(7-8-15(13)20)16(21)18(3,4)19/h7-8,11-12H,5-6,9-10H2,1-4H3. The highest BCUT2D eigenvalue weighted by Crippen LogP contribution is 2.32. The summed E-state index contributed by atoms with van der Waals surface area (Å²) in [6.07, 6.45) is 2.57. The number of hydrogen-bond acceptors (Lipinski definition) is 2. The Kier molecular flexibility index (Phi) is 5.10. The maximum Gasteiger partial charge on any atom is 0.230 e. The fourth-order valence-corrected chi connectivity index (χ4v) is 3.20. The Hall–Kier alpha value is -1.16. The second-order valence-corrected chi connectivity index (χ2v) is 8.38. The summed E-state index contributed by atoms with van der Waals surface area (Å²) in [6, 6.07) is 5.71. The average molecular weight is 366 g/mol. The smallest absolute Gasteiger partial charge is 0.230 e. The highest BCUT2D eigenvalue weighted by atomic mass is 79.9. The molecule has 0 spiro atoms. The van der Waals surface area contributed by atoms with Crippen LogP contribution in [0.1, 0.15) is 56.5 Å². The van der Waals surface area contributed by atoms with Crippen molar-refractivity contribution < 1.29 is 9.59 Å². The Morgan fingerprint density at radius 2 is 1.91 bits per heavy atom. The Morgan fingerprint density at radius 1 is 1.27 bits per heavy atom. The van der Waals surface area contributed by atoms with Gasteiger partial charge in [-0.1, -0.05) is 29.8 Å². The zero-order valence-corrected chi connectivity index (χ0v) is 15.4. The van der Waals surface area contributed by atoms with Crippen LogP contribution in [0, 0.1) is 5.92 Å². The van der Waals surface area contributed by atoms with Crippen molar-refractivity contribution in [1.82, 2.24) is 0 Å². The van der Waals surface area contributed by atoms with Crippen LogP contribution in [0.3, 0.4) is 0 Å². The average Bonchev–Trinajstić information content (AvgIpc) is 2.89. The molecule has 0 saturated heterocycles. The van der Waals surface area contributed by atoms with Gasteiger partial charge in [-0.2, -0.15) is 0 Å². The lowest BCUT2D eigenvalue weighted by atomic mass is 9.98. The van der Waals surface area contributed by atoms with Gasteiger partial charge in [0.1, 0.15) is 0 Å². The van der Waals surface area contributed by atoms with E-state index in [2.05, 4.69) is 29.8 Å². The van der Waals surface area contributed by atoms with E-state index >= 15 is 0 Å². The van der Waals surface area contributed by atoms with E-state index in [1.165, 1.54) is 0 Å². The summed E-state index contributed by atoms with van der Waals surface area (Å²) in [7, 11) is 0. The number of ketones is 1. The van der Waals surface area contributed by atoms with E-state index in [1.54, 1.807) is 0 Å². The molecule has 4 heteroatoms. The third-order valence-corrected chi connectivity index (χ3v) is 4.74. The number of alkyl halides is 1. The third-order valence-electron chi connectivity index (χ3n) is 4.38. The molecule has 0 saturated carbocycles. The molecule has 3 nitrogen and oxygen atoms in total. The van der Waals surface area contributed by atoms with Gasteiger partial charge in [0.2, 0.25) is 5.91 Å². The normalized spacial score (nSPS) is 14.4. The molecule has 120 valence electrons. The molecule has 1 heterocycles. The molecular formula is C18H24BrNO2. The molecule has 0 bridgehead atoms. The summed E-state index contributed by atoms with van der Waals surface area (Å²) in [5.74, 6) is 0.373. The lowest BCUT2D eigenvalue weighted by Crippen LogP contribution is -2.34. The van der Waals surface area contributed by atoms with Crippen molar-refractivity contribution in [3.63, 3.8) is 0 Å². The molecule has 0 radical (unpaired) electrons. The second kappa shape index (κ2) is 6.53. The van der Waals surface area contributed by atoms with E-state index in [0.29, 0.717) is 5.56 Å². The molecule has 0 fully saturated rings. The number of Topliss-reactive ketones (excluding diaryl/α,β-unsaturated/α-hetero) is 1. The van der Waals surface area contributed by atoms with Crippen molar-refractivity contribution in [2.24, 2.45) is 5.92 Å². The lowest BCUT2D eigenvalue weighted by molar-refractivity contribution is -0.122. The predicted octanol–water partition coefficient (Wildman–Crippen LogP) is 4.37. The van der Waals surface area contributed by atoms with Crippen LogP contribution in [0.2, 0.25) is 0 Å². The van der Waals surface area contributed by atoms with Crippen molar-refractivity contribution in [3.8, 4) is 0 Å². The topological polar surface area (TPSA) is 37.4 Å². The van der Waals surface area contributed by atoms with E-state index in [0.717, 1.165) is 37.1 Å². The minimum Gasteiger partial charge on any atom is -0.312 e. The maximum atomic E-state index is 12.6. The molecule has 0 unspecified atom stereocenters. The number of carbonyl (C=O) groups is 2. The predicted molar refractivity (Wildman–Crippen MR) is 93.9 cm³/mol. The largest absolute Gasteiger partial charge is 0.312 e. The van der Waals surface area contributed by atoms with Crippen molar-refractivity contribution in [2.75, 3.05) is 11.4 Å². The van der Waals surface area contributed by atoms with Gasteiger partial charge in [0, 0.05) is 23.7 Å². The van der Waals surface area contributed by atoms with Crippen molar-refractivity contribution in [2.45, 2.75) is 51.3 Å². The molecular weight excluding hydrogens is 342 g/mol. The fourth-order valence-electron chi connectivity index (χ4n) is 2.97. The van der Waals surface area contributed by atoms with E-state index < -0.39 is 4.32 Å². The van der Waals surface area contributed by atoms with Gasteiger partial charge in [-0.05, 0) is 56.9 Å². The number of hydrogen-bond donors (Lipinski definition) is 0. The number of nitrogens with zero attached hydrogens (tertiary/aromatic N) is 1. The minimum atomic E-state index is -0.565. The van der Waals surface area contributed by atoms with Crippen LogP contribution in [-0.2, 0) is 11.2 Å². The highest BCUT2D eigenvalue weighted by molar-refractivity contribution is 9.10. The van der Waals surface area contributed by atoms with Crippen LogP contribution in [0.15, 0.2) is 18.2 Å². The molecule has 0 N–H and O–H groups in total. The SMILES string of the molecule is CCC(CC)C(=O)N1CCc2cc(C(=O)C(C)(C)Br)ccc21. The molecule has 1 aliphatic heterocycles. The molecule has 0 aliphatic carbocycles. The van der Waals surface area contributed by atoms with Gasteiger partial charge in [-0.3, -0.25) is 9.59 Å². The van der Waals surface area contributed by atoms with Gasteiger partial charge in [-0.15, -0.1) is 0 Å². The summed E-state index contributed by atoms with van der Waals surface area (Å²) in [5, 5.41) is 0. The van der Waals surface area contributed by atoms with Crippen LogP contribution in [-0.4, -0.2) is 22.6 Å². The quantitative estimate of drug-likeness (QED) is 0.573. The summed E-state index contributed by atoms with van der Waals surface area (Å²) < 4.78 is -0.565. The monoisotopic (exact) mass is 365 g/mol. The number of halogens is 1. The number of anilines is 1. The Balaban J connectivity index is 2.28. The first-order chi connectivity index (χ1) is 10.3. The van der Waals surface area contributed by atoms with Crippen LogP contribution in [0.25, 0.3) is 0 Å². The molecule has 22 heavy (non-hydrogen) atoms. The number of carbonyl (C=O) groups excluding carboxylic acids is 2. The highest BCUT2D eigenvalue weighted by Gasteiger charge is 2.30. The van der Waals surface area contributed by atoms with Gasteiger partial charge in [0.05, 0.1) is 4.32 Å². The van der Waals surface area contributed by atoms with E-state index in [4.69, 9.17) is 0 Å². The van der Waals surface area contributed by atoms with Crippen molar-refractivity contribution in [1.29, 1.82) is 0 Å². The van der Waals surface area contributed by atoms with E-state index in [-0.39, 0.29) is 17.6 Å². The summed E-state index contributed by atoms with van der Waals surface area (Å²) in [4.78, 5) is 26.8. The number of rotatable bonds is 5. The lowest BCUT2D eigenvalue weighted by Gasteiger charge is -2.23. The Morgan fingerprint density at radius 3 is 2.45 bits per heavy atom. The second-order valence-electron chi connectivity index (χ2n) is 6.40. The molecule has 1 aromatic rings. The first kappa shape index (κ1) is 17.2. The molecule has 1 aliphatic rings. The van der Waals surface area contributed by atoms with Gasteiger partial charge in [0.25, 0.3) is 0 Å². The zero-order valence-electron chi connectivity index (χ0n) is 13.8. The van der Waals surface area contributed by atoms with Gasteiger partial charge >= 0.3 is 0 Å². The van der Waals surface area contributed by atoms with Crippen LogP contribution >= 0.6 is 15.9 Å². The Labute approximate surface area is 141 Å². The van der Waals surface area contributed by atoms with Gasteiger partial charge in [0.15, 0.2) is 5.78 Å². The van der Waals surface area contributed by atoms with Crippen LogP contribution in [0.5, 0.6) is 0 Å². The van der Waals surface area contributed by atoms with Gasteiger partial charge < -0.3 is 4.90 Å². The fraction of sp³-hybridized carbons (Fsp3) is 0.556. The zero-order chi connectivity index (χ0) is 16.5. The molecule has 2 rings (SSSR count). The number of benzene rings is 1. The van der Waals surface area contributed by atoms with E-state index in [1.807, 2.05) is 36.9 Å². The molecule has 1 amide bonds.